The van der Waals surface area contributed by atoms with Crippen molar-refractivity contribution in [2.75, 3.05) is 36.9 Å². The average molecular weight is 482 g/mol. The number of aromatic nitrogens is 3. The molecule has 7 nitrogen and oxygen atoms in total. The Morgan fingerprint density at radius 1 is 1.08 bits per heavy atom. The predicted molar refractivity (Wildman–Crippen MR) is 143 cm³/mol. The molecule has 0 spiro atoms. The summed E-state index contributed by atoms with van der Waals surface area (Å²) in [4.78, 5) is 27.5. The molecule has 4 rings (SSSR count). The van der Waals surface area contributed by atoms with Crippen molar-refractivity contribution in [3.05, 3.63) is 76.6 Å². The molecule has 0 unspecified atom stereocenters. The molecule has 0 bridgehead atoms. The molecule has 36 heavy (non-hydrogen) atoms. The number of rotatable bonds is 6. The van der Waals surface area contributed by atoms with Crippen LogP contribution in [0.15, 0.2) is 54.2 Å². The largest absolute Gasteiger partial charge is 0.378 e. The summed E-state index contributed by atoms with van der Waals surface area (Å²) in [5.74, 6) is 7.81. The van der Waals surface area contributed by atoms with Crippen molar-refractivity contribution in [1.29, 1.82) is 0 Å². The summed E-state index contributed by atoms with van der Waals surface area (Å²) in [6, 6.07) is 12.0. The smallest absolute Gasteiger partial charge is 0.220 e. The maximum atomic E-state index is 11.9. The van der Waals surface area contributed by atoms with Crippen LogP contribution >= 0.6 is 0 Å². The number of allylic oxidation sites excluding steroid dienone is 2. The molecule has 0 aliphatic carbocycles. The lowest BCUT2D eigenvalue weighted by atomic mass is 10.0. The normalized spacial score (nSPS) is 13.0. The number of anilines is 2. The summed E-state index contributed by atoms with van der Waals surface area (Å²) >= 11 is 0. The van der Waals surface area contributed by atoms with Gasteiger partial charge in [0, 0.05) is 42.4 Å². The Balaban J connectivity index is 1.58. The summed E-state index contributed by atoms with van der Waals surface area (Å²) in [6.45, 7) is 8.66. The van der Waals surface area contributed by atoms with Crippen molar-refractivity contribution in [2.24, 2.45) is 0 Å². The number of nitrogens with zero attached hydrogens (tertiary/aromatic N) is 4. The van der Waals surface area contributed by atoms with Crippen LogP contribution in [0.25, 0.3) is 11.3 Å². The second-order valence-electron chi connectivity index (χ2n) is 9.06. The first-order valence-corrected chi connectivity index (χ1v) is 12.1. The summed E-state index contributed by atoms with van der Waals surface area (Å²) in [5.41, 5.74) is 12.0. The standard InChI is InChI=1S/C29H31N5O2/c1-20(2)16-25(35)11-10-23-6-4-22(5-7-23)8-9-24-17-27(26-19-31-29(30)32-21(26)3)33-28(18-24)34-12-14-36-15-13-34/h4-7,16-19H,10-15H2,1-3H3,(H2,30,31,32). The summed E-state index contributed by atoms with van der Waals surface area (Å²) in [7, 11) is 0. The highest BCUT2D eigenvalue weighted by molar-refractivity contribution is 5.90. The summed E-state index contributed by atoms with van der Waals surface area (Å²) in [6.07, 6.45) is 4.64. The number of nitrogens with two attached hydrogens (primary N) is 1. The maximum absolute atomic E-state index is 11.9. The van der Waals surface area contributed by atoms with Gasteiger partial charge in [-0.05, 0) is 63.1 Å². The van der Waals surface area contributed by atoms with Gasteiger partial charge < -0.3 is 15.4 Å². The molecule has 3 aromatic rings. The first-order chi connectivity index (χ1) is 17.4. The minimum atomic E-state index is 0.158. The van der Waals surface area contributed by atoms with E-state index in [4.69, 9.17) is 15.5 Å². The number of ether oxygens (including phenoxy) is 1. The second kappa shape index (κ2) is 11.6. The molecule has 1 saturated heterocycles. The van der Waals surface area contributed by atoms with Gasteiger partial charge in [-0.2, -0.15) is 0 Å². The number of nitrogen functional groups attached to an aromatic ring is 1. The van der Waals surface area contributed by atoms with Crippen LogP contribution in [-0.2, 0) is 16.0 Å². The average Bonchev–Trinajstić information content (AvgIpc) is 2.87. The van der Waals surface area contributed by atoms with Crippen LogP contribution in [0.4, 0.5) is 11.8 Å². The first kappa shape index (κ1) is 25.1. The molecule has 184 valence electrons. The van der Waals surface area contributed by atoms with Gasteiger partial charge in [0.15, 0.2) is 5.78 Å². The molecule has 7 heteroatoms. The second-order valence-corrected chi connectivity index (χ2v) is 9.06. The summed E-state index contributed by atoms with van der Waals surface area (Å²) in [5, 5.41) is 0. The molecule has 1 aliphatic heterocycles. The van der Waals surface area contributed by atoms with E-state index in [0.717, 1.165) is 64.5 Å². The van der Waals surface area contributed by atoms with Crippen LogP contribution in [0.1, 0.15) is 42.7 Å². The number of ketones is 1. The van der Waals surface area contributed by atoms with Gasteiger partial charge in [-0.15, -0.1) is 0 Å². The number of carbonyl (C=O) groups excluding carboxylic acids is 1. The van der Waals surface area contributed by atoms with E-state index >= 15 is 0 Å². The van der Waals surface area contributed by atoms with Gasteiger partial charge in [0.25, 0.3) is 0 Å². The fourth-order valence-corrected chi connectivity index (χ4v) is 3.98. The third-order valence-electron chi connectivity index (χ3n) is 5.84. The third-order valence-corrected chi connectivity index (χ3v) is 5.84. The van der Waals surface area contributed by atoms with E-state index < -0.39 is 0 Å². The molecule has 0 radical (unpaired) electrons. The van der Waals surface area contributed by atoms with Gasteiger partial charge in [-0.25, -0.2) is 15.0 Å². The van der Waals surface area contributed by atoms with Gasteiger partial charge in [0.1, 0.15) is 5.82 Å². The van der Waals surface area contributed by atoms with E-state index in [0.29, 0.717) is 19.6 Å². The molecule has 2 aromatic heterocycles. The van der Waals surface area contributed by atoms with E-state index in [9.17, 15) is 4.79 Å². The van der Waals surface area contributed by atoms with Crippen molar-refractivity contribution in [3.63, 3.8) is 0 Å². The predicted octanol–water partition coefficient (Wildman–Crippen LogP) is 4.13. The van der Waals surface area contributed by atoms with Crippen LogP contribution in [0.5, 0.6) is 0 Å². The monoisotopic (exact) mass is 481 g/mol. The molecule has 1 fully saturated rings. The Bertz CT molecular complexity index is 1330. The molecule has 0 amide bonds. The number of pyridine rings is 1. The molecule has 2 N–H and O–H groups in total. The van der Waals surface area contributed by atoms with E-state index in [2.05, 4.69) is 26.7 Å². The lowest BCUT2D eigenvalue weighted by Gasteiger charge is -2.28. The maximum Gasteiger partial charge on any atom is 0.220 e. The molecule has 3 heterocycles. The zero-order chi connectivity index (χ0) is 25.5. The third kappa shape index (κ3) is 6.77. The van der Waals surface area contributed by atoms with Crippen LogP contribution in [-0.4, -0.2) is 47.0 Å². The minimum absolute atomic E-state index is 0.158. The topological polar surface area (TPSA) is 94.2 Å². The van der Waals surface area contributed by atoms with Crippen LogP contribution in [0.3, 0.4) is 0 Å². The van der Waals surface area contributed by atoms with Crippen LogP contribution in [0.2, 0.25) is 0 Å². The number of carbonyl (C=O) groups is 1. The van der Waals surface area contributed by atoms with Gasteiger partial charge in [-0.1, -0.05) is 29.5 Å². The summed E-state index contributed by atoms with van der Waals surface area (Å²) < 4.78 is 5.51. The van der Waals surface area contributed by atoms with Crippen LogP contribution < -0.4 is 10.6 Å². The zero-order valence-electron chi connectivity index (χ0n) is 21.0. The molecule has 0 atom stereocenters. The molecule has 1 aliphatic rings. The first-order valence-electron chi connectivity index (χ1n) is 12.1. The van der Waals surface area contributed by atoms with Crippen molar-refractivity contribution in [2.45, 2.75) is 33.6 Å². The Hall–Kier alpha value is -4.02. The van der Waals surface area contributed by atoms with Gasteiger partial charge >= 0.3 is 0 Å². The Morgan fingerprint density at radius 3 is 2.50 bits per heavy atom. The quantitative estimate of drug-likeness (QED) is 0.418. The number of benzene rings is 1. The highest BCUT2D eigenvalue weighted by atomic mass is 16.5. The number of hydrogen-bond acceptors (Lipinski definition) is 7. The Labute approximate surface area is 212 Å². The van der Waals surface area contributed by atoms with E-state index in [1.54, 1.807) is 12.3 Å². The van der Waals surface area contributed by atoms with E-state index in [1.807, 2.05) is 57.2 Å². The molecule has 0 saturated carbocycles. The van der Waals surface area contributed by atoms with E-state index in [1.165, 1.54) is 0 Å². The highest BCUT2D eigenvalue weighted by Crippen LogP contribution is 2.25. The fraction of sp³-hybridized carbons (Fsp3) is 0.310. The molecular formula is C29H31N5O2. The van der Waals surface area contributed by atoms with Gasteiger partial charge in [-0.3, -0.25) is 4.79 Å². The van der Waals surface area contributed by atoms with E-state index in [-0.39, 0.29) is 11.7 Å². The van der Waals surface area contributed by atoms with Crippen molar-refractivity contribution in [1.82, 2.24) is 15.0 Å². The van der Waals surface area contributed by atoms with Crippen molar-refractivity contribution < 1.29 is 9.53 Å². The van der Waals surface area contributed by atoms with Crippen molar-refractivity contribution in [3.8, 4) is 23.1 Å². The minimum Gasteiger partial charge on any atom is -0.378 e. The molecular weight excluding hydrogens is 450 g/mol. The van der Waals surface area contributed by atoms with Gasteiger partial charge in [0.05, 0.1) is 24.6 Å². The fourth-order valence-electron chi connectivity index (χ4n) is 3.98. The lowest BCUT2D eigenvalue weighted by Crippen LogP contribution is -2.36. The van der Waals surface area contributed by atoms with Gasteiger partial charge in [0.2, 0.25) is 5.95 Å². The zero-order valence-corrected chi connectivity index (χ0v) is 21.0. The molecule has 1 aromatic carbocycles. The Morgan fingerprint density at radius 2 is 1.81 bits per heavy atom. The number of morpholine rings is 1. The lowest BCUT2D eigenvalue weighted by molar-refractivity contribution is -0.114. The van der Waals surface area contributed by atoms with Crippen LogP contribution in [0, 0.1) is 18.8 Å². The SMILES string of the molecule is CC(C)=CC(=O)CCc1ccc(C#Cc2cc(-c3cnc(N)nc3C)nc(N3CCOCC3)c2)cc1. The number of aryl methyl sites for hydroxylation is 2. The Kier molecular flexibility index (Phi) is 8.09. The number of hydrogen-bond donors (Lipinski definition) is 1. The van der Waals surface area contributed by atoms with Crippen molar-refractivity contribution >= 4 is 17.5 Å². The highest BCUT2D eigenvalue weighted by Gasteiger charge is 2.16.